The second-order valence-corrected chi connectivity index (χ2v) is 11.7. The van der Waals surface area contributed by atoms with Gasteiger partial charge in [0.05, 0.1) is 53.1 Å². The molecule has 0 spiro atoms. The van der Waals surface area contributed by atoms with Gasteiger partial charge >= 0.3 is 6.18 Å². The van der Waals surface area contributed by atoms with Crippen LogP contribution in [0.5, 0.6) is 0 Å². The number of nitrogens with two attached hydrogens (primary N) is 1. The van der Waals surface area contributed by atoms with E-state index in [-0.39, 0.29) is 57.5 Å². The molecule has 0 unspecified atom stereocenters. The molecule has 0 aliphatic carbocycles. The minimum atomic E-state index is -4.82. The van der Waals surface area contributed by atoms with E-state index >= 15 is 0 Å². The predicted octanol–water partition coefficient (Wildman–Crippen LogP) is 2.15. The second kappa shape index (κ2) is 15.6. The van der Waals surface area contributed by atoms with Crippen LogP contribution in [0.4, 0.5) is 24.5 Å². The lowest BCUT2D eigenvalue weighted by molar-refractivity contribution is -0.141. The lowest BCUT2D eigenvalue weighted by Gasteiger charge is -2.37. The van der Waals surface area contributed by atoms with Gasteiger partial charge in [-0.3, -0.25) is 19.2 Å². The SMILES string of the molecule is Cn1c(-c2cn(-c3ccc(N)cn3)nc2C(F)(F)F)cnc1C(=O)Nc1ccc(C(=O)N2CCN(C(=O)[C@@H]3COCCN3)CC2)c(Cl)c1.O=CO. The van der Waals surface area contributed by atoms with Gasteiger partial charge in [0, 0.05) is 51.7 Å². The zero-order valence-corrected chi connectivity index (χ0v) is 27.7. The van der Waals surface area contributed by atoms with Crippen LogP contribution >= 0.6 is 11.6 Å². The summed E-state index contributed by atoms with van der Waals surface area (Å²) in [7, 11) is 1.40. The Balaban J connectivity index is 0.00000162. The summed E-state index contributed by atoms with van der Waals surface area (Å²) in [6.45, 7) is 2.59. The number of pyridine rings is 1. The van der Waals surface area contributed by atoms with Gasteiger partial charge in [0.2, 0.25) is 5.91 Å². The number of imidazole rings is 1. The third-order valence-electron chi connectivity index (χ3n) is 8.01. The summed E-state index contributed by atoms with van der Waals surface area (Å²) in [5.74, 6) is -1.19. The minimum absolute atomic E-state index is 0.0155. The number of benzene rings is 1. The van der Waals surface area contributed by atoms with E-state index in [0.29, 0.717) is 51.6 Å². The van der Waals surface area contributed by atoms with E-state index in [2.05, 4.69) is 25.7 Å². The standard InChI is InChI=1S/C30H30ClF3N10O4.CH2O2/c1-41-23(20-15-44(40-25(20)30(32,33)34)24-5-2-17(35)13-37-24)14-38-26(41)27(45)39-18-3-4-19(21(31)12-18)28(46)42-7-9-43(10-8-42)29(47)22-16-48-11-6-36-22;2-1-3/h2-5,12-15,22,36H,6-11,16,35H2,1H3,(H,39,45);1H,(H,2,3)/t22-;/m0./s1. The van der Waals surface area contributed by atoms with Crippen molar-refractivity contribution < 1.29 is 42.2 Å². The zero-order chi connectivity index (χ0) is 36.9. The number of carboxylic acid groups (broad SMARTS) is 1. The molecule has 3 amide bonds. The van der Waals surface area contributed by atoms with Crippen molar-refractivity contribution in [2.45, 2.75) is 12.2 Å². The molecule has 2 fully saturated rings. The number of piperazine rings is 1. The number of amides is 3. The molecular weight excluding hydrogens is 701 g/mol. The third kappa shape index (κ3) is 8.27. The highest BCUT2D eigenvalue weighted by Gasteiger charge is 2.39. The molecule has 16 nitrogen and oxygen atoms in total. The van der Waals surface area contributed by atoms with Crippen LogP contribution in [0.1, 0.15) is 26.7 Å². The molecule has 0 bridgehead atoms. The Hall–Kier alpha value is -5.53. The van der Waals surface area contributed by atoms with Crippen LogP contribution in [-0.2, 0) is 27.5 Å². The van der Waals surface area contributed by atoms with Crippen LogP contribution in [0.2, 0.25) is 5.02 Å². The second-order valence-electron chi connectivity index (χ2n) is 11.3. The number of hydrogen-bond acceptors (Lipinski definition) is 10. The number of nitrogen functional groups attached to an aromatic ring is 1. The number of halogens is 4. The van der Waals surface area contributed by atoms with Gasteiger partial charge in [0.1, 0.15) is 6.04 Å². The van der Waals surface area contributed by atoms with Gasteiger partial charge in [-0.15, -0.1) is 0 Å². The minimum Gasteiger partial charge on any atom is -0.483 e. The molecule has 6 rings (SSSR count). The van der Waals surface area contributed by atoms with Crippen molar-refractivity contribution in [1.82, 2.24) is 39.4 Å². The average Bonchev–Trinajstić information content (AvgIpc) is 3.73. The van der Waals surface area contributed by atoms with Gasteiger partial charge in [0.15, 0.2) is 17.3 Å². The van der Waals surface area contributed by atoms with Crippen LogP contribution in [0, 0.1) is 0 Å². The molecule has 0 saturated carbocycles. The van der Waals surface area contributed by atoms with Crippen molar-refractivity contribution in [2.24, 2.45) is 7.05 Å². The van der Waals surface area contributed by atoms with E-state index in [9.17, 15) is 27.6 Å². The predicted molar refractivity (Wildman–Crippen MR) is 176 cm³/mol. The van der Waals surface area contributed by atoms with Crippen LogP contribution in [0.3, 0.4) is 0 Å². The normalized spacial score (nSPS) is 16.2. The number of morpholine rings is 1. The Morgan fingerprint density at radius 1 is 1.10 bits per heavy atom. The summed E-state index contributed by atoms with van der Waals surface area (Å²) in [4.78, 5) is 58.9. The van der Waals surface area contributed by atoms with Gasteiger partial charge in [0.25, 0.3) is 18.3 Å². The number of hydrogen-bond donors (Lipinski definition) is 4. The smallest absolute Gasteiger partial charge is 0.435 e. The highest BCUT2D eigenvalue weighted by Crippen LogP contribution is 2.37. The van der Waals surface area contributed by atoms with E-state index in [1.807, 2.05) is 0 Å². The van der Waals surface area contributed by atoms with E-state index in [4.69, 9.17) is 32.0 Å². The number of carbonyl (C=O) groups is 4. The summed E-state index contributed by atoms with van der Waals surface area (Å²) in [6.07, 6.45) is -1.23. The number of nitrogens with zero attached hydrogens (tertiary/aromatic N) is 7. The van der Waals surface area contributed by atoms with Crippen molar-refractivity contribution in [2.75, 3.05) is 57.0 Å². The van der Waals surface area contributed by atoms with Gasteiger partial charge in [-0.1, -0.05) is 11.6 Å². The fourth-order valence-electron chi connectivity index (χ4n) is 5.49. The molecule has 2 aliphatic rings. The van der Waals surface area contributed by atoms with Crippen molar-refractivity contribution in [1.29, 1.82) is 0 Å². The maximum atomic E-state index is 14.0. The summed E-state index contributed by atoms with van der Waals surface area (Å²) < 4.78 is 49.5. The molecule has 1 aromatic carbocycles. The molecule has 2 aliphatic heterocycles. The molecule has 270 valence electrons. The van der Waals surface area contributed by atoms with E-state index in [1.54, 1.807) is 9.80 Å². The monoisotopic (exact) mass is 732 g/mol. The number of aromatic nitrogens is 5. The fraction of sp³-hybridized carbons (Fsp3) is 0.323. The molecule has 51 heavy (non-hydrogen) atoms. The van der Waals surface area contributed by atoms with Crippen molar-refractivity contribution in [3.8, 4) is 17.1 Å². The maximum Gasteiger partial charge on any atom is 0.435 e. The van der Waals surface area contributed by atoms with Crippen LogP contribution in [0.25, 0.3) is 17.1 Å². The zero-order valence-electron chi connectivity index (χ0n) is 26.9. The summed E-state index contributed by atoms with van der Waals surface area (Å²) in [5, 5.41) is 16.4. The Kier molecular flexibility index (Phi) is 11.2. The molecule has 4 aromatic rings. The topological polar surface area (TPSA) is 203 Å². The highest BCUT2D eigenvalue weighted by atomic mass is 35.5. The van der Waals surface area contributed by atoms with Crippen molar-refractivity contribution in [3.05, 3.63) is 71.0 Å². The van der Waals surface area contributed by atoms with Crippen molar-refractivity contribution in [3.63, 3.8) is 0 Å². The Labute approximate surface area is 292 Å². The summed E-state index contributed by atoms with van der Waals surface area (Å²) in [6, 6.07) is 6.87. The first-order valence-electron chi connectivity index (χ1n) is 15.3. The lowest BCUT2D eigenvalue weighted by Crippen LogP contribution is -2.57. The largest absolute Gasteiger partial charge is 0.483 e. The molecule has 3 aromatic heterocycles. The van der Waals surface area contributed by atoms with Crippen LogP contribution < -0.4 is 16.4 Å². The first-order chi connectivity index (χ1) is 24.3. The average molecular weight is 733 g/mol. The fourth-order valence-corrected chi connectivity index (χ4v) is 5.75. The van der Waals surface area contributed by atoms with E-state index in [1.165, 1.54) is 48.1 Å². The number of rotatable bonds is 6. The Morgan fingerprint density at radius 2 is 1.80 bits per heavy atom. The molecular formula is C31H32ClF3N10O6. The van der Waals surface area contributed by atoms with Gasteiger partial charge < -0.3 is 40.6 Å². The van der Waals surface area contributed by atoms with Crippen molar-refractivity contribution >= 4 is 47.2 Å². The molecule has 5 N–H and O–H groups in total. The van der Waals surface area contributed by atoms with Gasteiger partial charge in [-0.05, 0) is 30.3 Å². The van der Waals surface area contributed by atoms with Gasteiger partial charge in [-0.25, -0.2) is 14.6 Å². The van der Waals surface area contributed by atoms with Crippen LogP contribution in [-0.4, -0.2) is 115 Å². The van der Waals surface area contributed by atoms with Gasteiger partial charge in [-0.2, -0.15) is 18.3 Å². The number of ether oxygens (including phenoxy) is 1. The molecule has 2 saturated heterocycles. The number of alkyl halides is 3. The number of nitrogens with one attached hydrogen (secondary N) is 2. The molecule has 0 radical (unpaired) electrons. The number of anilines is 2. The molecule has 5 heterocycles. The summed E-state index contributed by atoms with van der Waals surface area (Å²) in [5.41, 5.74) is 4.90. The van der Waals surface area contributed by atoms with E-state index in [0.717, 1.165) is 17.1 Å². The highest BCUT2D eigenvalue weighted by molar-refractivity contribution is 6.34. The first-order valence-corrected chi connectivity index (χ1v) is 15.7. The number of carbonyl (C=O) groups excluding carboxylic acids is 3. The molecule has 1 atom stereocenters. The van der Waals surface area contributed by atoms with E-state index < -0.39 is 23.8 Å². The Bertz CT molecular complexity index is 1900. The summed E-state index contributed by atoms with van der Waals surface area (Å²) >= 11 is 6.46. The lowest BCUT2D eigenvalue weighted by atomic mass is 10.1. The Morgan fingerprint density at radius 3 is 2.41 bits per heavy atom. The first kappa shape index (κ1) is 36.7. The van der Waals surface area contributed by atoms with Crippen LogP contribution in [0.15, 0.2) is 48.9 Å². The maximum absolute atomic E-state index is 14.0. The molecule has 20 heteroatoms. The quantitative estimate of drug-likeness (QED) is 0.212. The third-order valence-corrected chi connectivity index (χ3v) is 8.32.